The Labute approximate surface area is 260 Å². The third-order valence-corrected chi connectivity index (χ3v) is 7.30. The van der Waals surface area contributed by atoms with Crippen LogP contribution < -0.4 is 30.4 Å². The third kappa shape index (κ3) is 12.3. The molecule has 2 atom stereocenters. The highest BCUT2D eigenvalue weighted by molar-refractivity contribution is 7.98. The zero-order chi connectivity index (χ0) is 31.8. The van der Waals surface area contributed by atoms with Crippen LogP contribution in [0.1, 0.15) is 30.4 Å². The normalized spacial score (nSPS) is 12.6. The van der Waals surface area contributed by atoms with E-state index in [2.05, 4.69) is 5.73 Å². The monoisotopic (exact) mass is 631 g/mol. The maximum Gasteiger partial charge on any atom is 0.370 e. The van der Waals surface area contributed by atoms with Crippen LogP contribution in [0, 0.1) is 0 Å². The molecule has 0 aromatic heterocycles. The van der Waals surface area contributed by atoms with E-state index >= 15 is 0 Å². The number of methoxy groups -OCH3 is 2. The molecule has 0 spiro atoms. The molecule has 10 nitrogen and oxygen atoms in total. The number of benzene rings is 2. The highest BCUT2D eigenvalue weighted by Gasteiger charge is 2.21. The fourth-order valence-corrected chi connectivity index (χ4v) is 4.54. The van der Waals surface area contributed by atoms with E-state index in [-0.39, 0.29) is 17.9 Å². The molecule has 12 heteroatoms. The lowest BCUT2D eigenvalue weighted by molar-refractivity contribution is -0.407. The minimum absolute atomic E-state index is 0.219. The fraction of sp³-hybridized carbons (Fsp3) is 0.355. The summed E-state index contributed by atoms with van der Waals surface area (Å²) in [6, 6.07) is 8.45. The fourth-order valence-electron chi connectivity index (χ4n) is 3.53. The molecule has 0 unspecified atom stereocenters. The molecule has 0 fully saturated rings. The first-order valence-corrected chi connectivity index (χ1v) is 16.2. The van der Waals surface area contributed by atoms with E-state index in [1.807, 2.05) is 12.5 Å². The maximum absolute atomic E-state index is 12.4. The van der Waals surface area contributed by atoms with Gasteiger partial charge in [-0.25, -0.2) is 9.59 Å². The maximum atomic E-state index is 12.4. The van der Waals surface area contributed by atoms with Crippen molar-refractivity contribution in [2.24, 2.45) is 5.73 Å². The number of hydrogen-bond acceptors (Lipinski definition) is 11. The van der Waals surface area contributed by atoms with Crippen molar-refractivity contribution in [2.45, 2.75) is 31.3 Å². The zero-order valence-electron chi connectivity index (χ0n) is 24.8. The highest BCUT2D eigenvalue weighted by atomic mass is 32.2. The number of ether oxygens (including phenoxy) is 4. The van der Waals surface area contributed by atoms with Crippen molar-refractivity contribution in [3.63, 3.8) is 0 Å². The molecule has 0 saturated carbocycles. The second kappa shape index (κ2) is 18.9. The van der Waals surface area contributed by atoms with Gasteiger partial charge >= 0.3 is 11.9 Å². The van der Waals surface area contributed by atoms with Crippen LogP contribution in [0.4, 0.5) is 0 Å². The van der Waals surface area contributed by atoms with E-state index in [1.54, 1.807) is 72.1 Å². The van der Waals surface area contributed by atoms with Gasteiger partial charge in [-0.1, -0.05) is 24.3 Å². The lowest BCUT2D eigenvalue weighted by Gasteiger charge is -2.13. The van der Waals surface area contributed by atoms with E-state index in [0.717, 1.165) is 11.5 Å². The summed E-state index contributed by atoms with van der Waals surface area (Å²) in [4.78, 5) is 49.3. The predicted molar refractivity (Wildman–Crippen MR) is 171 cm³/mol. The van der Waals surface area contributed by atoms with Gasteiger partial charge in [0.1, 0.15) is 6.04 Å². The summed E-state index contributed by atoms with van der Waals surface area (Å²) in [5, 5.41) is 0. The van der Waals surface area contributed by atoms with E-state index in [0.29, 0.717) is 35.5 Å². The topological polar surface area (TPSA) is 159 Å². The number of quaternary nitrogens is 1. The number of rotatable bonds is 18. The van der Waals surface area contributed by atoms with Gasteiger partial charge in [0.15, 0.2) is 40.6 Å². The molecule has 2 rings (SSSR count). The molecule has 0 radical (unpaired) electrons. The molecular formula is C31H39N2O8S2+. The molecule has 0 aliphatic carbocycles. The number of esters is 2. The molecule has 232 valence electrons. The summed E-state index contributed by atoms with van der Waals surface area (Å²) in [6.45, 7) is 0. The average molecular weight is 632 g/mol. The minimum atomic E-state index is -0.742. The van der Waals surface area contributed by atoms with Crippen LogP contribution in [0.3, 0.4) is 0 Å². The second-order valence-electron chi connectivity index (χ2n) is 9.31. The SMILES string of the molecule is COc1cc(/C=C/C(=O)CC(=O)/C=C/c2ccc(OC(=O)[C@@H]([NH3+])CCSC)c(OC)c2)ccc1OC(=O)[C@@H](N)CCSC. The van der Waals surface area contributed by atoms with Gasteiger partial charge in [0.25, 0.3) is 0 Å². The van der Waals surface area contributed by atoms with Crippen LogP contribution in [0.5, 0.6) is 23.0 Å². The van der Waals surface area contributed by atoms with E-state index in [1.165, 1.54) is 26.4 Å². The van der Waals surface area contributed by atoms with Crippen LogP contribution >= 0.6 is 23.5 Å². The Morgan fingerprint density at radius 3 is 1.70 bits per heavy atom. The van der Waals surface area contributed by atoms with Gasteiger partial charge in [-0.15, -0.1) is 0 Å². The largest absolute Gasteiger partial charge is 0.493 e. The Morgan fingerprint density at radius 1 is 0.767 bits per heavy atom. The van der Waals surface area contributed by atoms with Crippen molar-refractivity contribution in [2.75, 3.05) is 38.2 Å². The Balaban J connectivity index is 1.97. The Hall–Kier alpha value is -3.58. The van der Waals surface area contributed by atoms with Crippen LogP contribution in [-0.4, -0.2) is 73.8 Å². The predicted octanol–water partition coefficient (Wildman–Crippen LogP) is 3.21. The van der Waals surface area contributed by atoms with E-state index < -0.39 is 35.6 Å². The van der Waals surface area contributed by atoms with Gasteiger partial charge in [-0.3, -0.25) is 9.59 Å². The number of ketones is 2. The minimum Gasteiger partial charge on any atom is -0.493 e. The Kier molecular flexibility index (Phi) is 15.6. The Bertz CT molecular complexity index is 1230. The molecule has 2 aromatic rings. The van der Waals surface area contributed by atoms with Crippen LogP contribution in [-0.2, 0) is 19.2 Å². The molecule has 0 aliphatic rings. The van der Waals surface area contributed by atoms with Gasteiger partial charge in [-0.2, -0.15) is 23.5 Å². The number of nitrogens with two attached hydrogens (primary N) is 1. The van der Waals surface area contributed by atoms with Crippen molar-refractivity contribution in [1.29, 1.82) is 0 Å². The van der Waals surface area contributed by atoms with Crippen LogP contribution in [0.2, 0.25) is 0 Å². The first-order valence-electron chi connectivity index (χ1n) is 13.4. The quantitative estimate of drug-likeness (QED) is 0.108. The second-order valence-corrected chi connectivity index (χ2v) is 11.3. The van der Waals surface area contributed by atoms with Crippen LogP contribution in [0.15, 0.2) is 48.6 Å². The van der Waals surface area contributed by atoms with Gasteiger partial charge < -0.3 is 30.4 Å². The van der Waals surface area contributed by atoms with Crippen molar-refractivity contribution < 1.29 is 43.9 Å². The first kappa shape index (κ1) is 35.6. The van der Waals surface area contributed by atoms with E-state index in [4.69, 9.17) is 24.7 Å². The zero-order valence-corrected chi connectivity index (χ0v) is 26.5. The summed E-state index contributed by atoms with van der Waals surface area (Å²) < 4.78 is 21.5. The van der Waals surface area contributed by atoms with Gasteiger partial charge in [0.2, 0.25) is 0 Å². The van der Waals surface area contributed by atoms with Gasteiger partial charge in [0.05, 0.1) is 20.6 Å². The molecule has 43 heavy (non-hydrogen) atoms. The van der Waals surface area contributed by atoms with Crippen molar-refractivity contribution in [1.82, 2.24) is 0 Å². The Morgan fingerprint density at radius 2 is 1.23 bits per heavy atom. The van der Waals surface area contributed by atoms with E-state index in [9.17, 15) is 19.2 Å². The number of allylic oxidation sites excluding steroid dienone is 2. The summed E-state index contributed by atoms with van der Waals surface area (Å²) >= 11 is 3.22. The average Bonchev–Trinajstić information content (AvgIpc) is 3.01. The number of hydrogen-bond donors (Lipinski definition) is 2. The lowest BCUT2D eigenvalue weighted by Crippen LogP contribution is -2.66. The lowest BCUT2D eigenvalue weighted by atomic mass is 10.1. The van der Waals surface area contributed by atoms with Gasteiger partial charge in [-0.05, 0) is 78.0 Å². The molecule has 0 amide bonds. The van der Waals surface area contributed by atoms with Crippen molar-refractivity contribution >= 4 is 59.2 Å². The molecule has 0 aliphatic heterocycles. The first-order chi connectivity index (χ1) is 20.6. The summed E-state index contributed by atoms with van der Waals surface area (Å²) in [6.07, 6.45) is 10.3. The molecule has 0 bridgehead atoms. The van der Waals surface area contributed by atoms with Gasteiger partial charge in [0, 0.05) is 6.42 Å². The molecule has 0 saturated heterocycles. The summed E-state index contributed by atoms with van der Waals surface area (Å²) in [5.41, 5.74) is 11.0. The molecule has 0 heterocycles. The molecule has 2 aromatic carbocycles. The summed E-state index contributed by atoms with van der Waals surface area (Å²) in [5.74, 6) is 0.847. The number of carbonyl (C=O) groups is 4. The number of thioether (sulfide) groups is 2. The van der Waals surface area contributed by atoms with Crippen LogP contribution in [0.25, 0.3) is 12.2 Å². The van der Waals surface area contributed by atoms with Crippen molar-refractivity contribution in [3.8, 4) is 23.0 Å². The smallest absolute Gasteiger partial charge is 0.370 e. The van der Waals surface area contributed by atoms with Crippen molar-refractivity contribution in [3.05, 3.63) is 59.7 Å². The third-order valence-electron chi connectivity index (χ3n) is 6.01. The summed E-state index contributed by atoms with van der Waals surface area (Å²) in [7, 11) is 2.89. The molecule has 5 N–H and O–H groups in total. The standard InChI is InChI=1S/C31H38N2O8S2/c1-38-28-17-20(7-11-26(28)40-30(36)24(32)13-15-42-3)5-9-22(34)19-23(35)10-6-21-8-12-27(29(18-21)39-2)41-31(37)25(33)14-16-43-4/h5-12,17-18,24-25H,13-16,19,32-33H2,1-4H3/p+1/b9-5+,10-6+/t24-,25-/m0/s1. The highest BCUT2D eigenvalue weighted by Crippen LogP contribution is 2.30. The molecular weight excluding hydrogens is 592 g/mol. The number of carbonyl (C=O) groups excluding carboxylic acids is 4.